The summed E-state index contributed by atoms with van der Waals surface area (Å²) in [5.41, 5.74) is 10.4. The number of nitrogen functional groups attached to an aromatic ring is 1. The van der Waals surface area contributed by atoms with Crippen LogP contribution < -0.4 is 16.4 Å². The Labute approximate surface area is 190 Å². The molecule has 0 saturated heterocycles. The molecule has 9 heteroatoms. The van der Waals surface area contributed by atoms with Gasteiger partial charge in [-0.05, 0) is 42.3 Å². The summed E-state index contributed by atoms with van der Waals surface area (Å²) in [5.74, 6) is 0.313. The zero-order valence-electron chi connectivity index (χ0n) is 17.9. The first-order valence-corrected chi connectivity index (χ1v) is 10.6. The van der Waals surface area contributed by atoms with Crippen LogP contribution in [-0.2, 0) is 6.42 Å². The predicted molar refractivity (Wildman–Crippen MR) is 128 cm³/mol. The van der Waals surface area contributed by atoms with Crippen molar-refractivity contribution in [2.45, 2.75) is 6.42 Å². The lowest BCUT2D eigenvalue weighted by Crippen LogP contribution is -2.25. The fourth-order valence-electron chi connectivity index (χ4n) is 3.53. The molecule has 2 heterocycles. The zero-order chi connectivity index (χ0) is 23.2. The Balaban J connectivity index is 1.36. The molecule has 4 rings (SSSR count). The van der Waals surface area contributed by atoms with E-state index in [2.05, 4.69) is 25.6 Å². The monoisotopic (exact) mass is 443 g/mol. The average molecular weight is 444 g/mol. The molecular formula is C24H25N7O2. The Morgan fingerprint density at radius 1 is 1.12 bits per heavy atom. The van der Waals surface area contributed by atoms with Gasteiger partial charge in [0.1, 0.15) is 5.84 Å². The maximum absolute atomic E-state index is 12.5. The number of anilines is 1. The number of aromatic nitrogens is 3. The van der Waals surface area contributed by atoms with E-state index >= 15 is 0 Å². The number of amides is 1. The van der Waals surface area contributed by atoms with E-state index in [-0.39, 0.29) is 18.3 Å². The minimum absolute atomic E-state index is 0.00240. The fourth-order valence-corrected chi connectivity index (χ4v) is 3.53. The summed E-state index contributed by atoms with van der Waals surface area (Å²) >= 11 is 0. The van der Waals surface area contributed by atoms with Crippen LogP contribution in [0.1, 0.15) is 21.5 Å². The van der Waals surface area contributed by atoms with E-state index in [0.29, 0.717) is 36.6 Å². The first kappa shape index (κ1) is 22.0. The summed E-state index contributed by atoms with van der Waals surface area (Å²) in [6.07, 6.45) is 4.04. The number of nitrogens with one attached hydrogen (secondary N) is 4. The smallest absolute Gasteiger partial charge is 0.251 e. The third-order valence-electron chi connectivity index (χ3n) is 5.23. The number of rotatable bonds is 9. The number of nitrogens with zero attached hydrogens (tertiary/aromatic N) is 2. The largest absolute Gasteiger partial charge is 0.395 e. The van der Waals surface area contributed by atoms with Crippen molar-refractivity contribution in [3.05, 3.63) is 77.6 Å². The van der Waals surface area contributed by atoms with Crippen LogP contribution in [0.2, 0.25) is 0 Å². The van der Waals surface area contributed by atoms with E-state index in [1.807, 2.05) is 30.3 Å². The van der Waals surface area contributed by atoms with Gasteiger partial charge in [0.05, 0.1) is 12.3 Å². The van der Waals surface area contributed by atoms with Gasteiger partial charge in [0.25, 0.3) is 5.91 Å². The molecule has 0 aliphatic rings. The quantitative estimate of drug-likeness (QED) is 0.172. The second kappa shape index (κ2) is 9.92. The number of hydrogen-bond acceptors (Lipinski definition) is 6. The van der Waals surface area contributed by atoms with Crippen LogP contribution in [0.5, 0.6) is 0 Å². The number of benzene rings is 2. The number of aromatic amines is 1. The number of aliphatic hydroxyl groups excluding tert-OH is 1. The molecule has 7 N–H and O–H groups in total. The second-order valence-corrected chi connectivity index (χ2v) is 7.50. The lowest BCUT2D eigenvalue weighted by molar-refractivity contribution is 0.0954. The summed E-state index contributed by atoms with van der Waals surface area (Å²) in [5, 5.41) is 23.4. The third-order valence-corrected chi connectivity index (χ3v) is 5.23. The summed E-state index contributed by atoms with van der Waals surface area (Å²) < 4.78 is 0. The number of carbonyl (C=O) groups excluding carboxylic acids is 1. The number of hydrogen-bond donors (Lipinski definition) is 6. The van der Waals surface area contributed by atoms with Crippen molar-refractivity contribution in [3.63, 3.8) is 0 Å². The Kier molecular flexibility index (Phi) is 6.61. The second-order valence-electron chi connectivity index (χ2n) is 7.50. The van der Waals surface area contributed by atoms with Gasteiger partial charge in [-0.2, -0.15) is 0 Å². The summed E-state index contributed by atoms with van der Waals surface area (Å²) in [7, 11) is 0. The van der Waals surface area contributed by atoms with Gasteiger partial charge in [-0.25, -0.2) is 9.97 Å². The molecule has 0 aliphatic heterocycles. The SMILES string of the molecule is N=C(N)c1c[nH]c2ccc(CCNC(=O)c3ccc(-c4ccnc(NCCO)n4)cc3)cc12. The van der Waals surface area contributed by atoms with Gasteiger partial charge >= 0.3 is 0 Å². The molecule has 1 amide bonds. The molecule has 2 aromatic heterocycles. The highest BCUT2D eigenvalue weighted by Crippen LogP contribution is 2.20. The molecule has 168 valence electrons. The number of fused-ring (bicyclic) bond motifs is 1. The van der Waals surface area contributed by atoms with Crippen LogP contribution in [0.4, 0.5) is 5.95 Å². The minimum atomic E-state index is -0.151. The maximum Gasteiger partial charge on any atom is 0.251 e. The van der Waals surface area contributed by atoms with Crippen molar-refractivity contribution in [2.75, 3.05) is 25.0 Å². The Bertz CT molecular complexity index is 1280. The van der Waals surface area contributed by atoms with Gasteiger partial charge < -0.3 is 26.5 Å². The molecular weight excluding hydrogens is 418 g/mol. The highest BCUT2D eigenvalue weighted by Gasteiger charge is 2.09. The van der Waals surface area contributed by atoms with Gasteiger partial charge in [-0.3, -0.25) is 10.2 Å². The number of nitrogens with two attached hydrogens (primary N) is 1. The molecule has 0 atom stereocenters. The van der Waals surface area contributed by atoms with Gasteiger partial charge in [0.15, 0.2) is 0 Å². The first-order valence-electron chi connectivity index (χ1n) is 10.6. The molecule has 0 aliphatic carbocycles. The van der Waals surface area contributed by atoms with Crippen LogP contribution in [0.25, 0.3) is 22.2 Å². The van der Waals surface area contributed by atoms with Crippen molar-refractivity contribution < 1.29 is 9.90 Å². The topological polar surface area (TPSA) is 153 Å². The van der Waals surface area contributed by atoms with Gasteiger partial charge in [0.2, 0.25) is 5.95 Å². The normalized spacial score (nSPS) is 10.8. The lowest BCUT2D eigenvalue weighted by Gasteiger charge is -2.08. The average Bonchev–Trinajstić information content (AvgIpc) is 3.27. The van der Waals surface area contributed by atoms with E-state index in [1.165, 1.54) is 0 Å². The molecule has 0 bridgehead atoms. The molecule has 4 aromatic rings. The molecule has 0 saturated carbocycles. The van der Waals surface area contributed by atoms with Gasteiger partial charge in [-0.1, -0.05) is 18.2 Å². The minimum Gasteiger partial charge on any atom is -0.395 e. The molecule has 33 heavy (non-hydrogen) atoms. The van der Waals surface area contributed by atoms with Gasteiger partial charge in [-0.15, -0.1) is 0 Å². The van der Waals surface area contributed by atoms with Gasteiger partial charge in [0, 0.05) is 53.1 Å². The Morgan fingerprint density at radius 2 is 1.94 bits per heavy atom. The molecule has 2 aromatic carbocycles. The van der Waals surface area contributed by atoms with Crippen LogP contribution in [0.3, 0.4) is 0 Å². The summed E-state index contributed by atoms with van der Waals surface area (Å²) in [4.78, 5) is 24.2. The third kappa shape index (κ3) is 5.16. The van der Waals surface area contributed by atoms with Crippen LogP contribution in [0, 0.1) is 5.41 Å². The number of H-pyrrole nitrogens is 1. The molecule has 0 radical (unpaired) electrons. The van der Waals surface area contributed by atoms with E-state index in [9.17, 15) is 4.79 Å². The first-order chi connectivity index (χ1) is 16.0. The highest BCUT2D eigenvalue weighted by atomic mass is 16.3. The van der Waals surface area contributed by atoms with E-state index in [4.69, 9.17) is 16.2 Å². The molecule has 9 nitrogen and oxygen atoms in total. The predicted octanol–water partition coefficient (Wildman–Crippen LogP) is 2.29. The Hall–Kier alpha value is -4.24. The Morgan fingerprint density at radius 3 is 2.70 bits per heavy atom. The van der Waals surface area contributed by atoms with Crippen LogP contribution in [0.15, 0.2) is 60.9 Å². The van der Waals surface area contributed by atoms with E-state index in [1.54, 1.807) is 30.6 Å². The number of aliphatic hydroxyl groups is 1. The maximum atomic E-state index is 12.5. The van der Waals surface area contributed by atoms with E-state index in [0.717, 1.165) is 27.7 Å². The van der Waals surface area contributed by atoms with E-state index < -0.39 is 0 Å². The van der Waals surface area contributed by atoms with Crippen LogP contribution in [-0.4, -0.2) is 51.5 Å². The highest BCUT2D eigenvalue weighted by molar-refractivity contribution is 6.07. The summed E-state index contributed by atoms with van der Waals surface area (Å²) in [6.45, 7) is 0.856. The fraction of sp³-hybridized carbons (Fsp3) is 0.167. The van der Waals surface area contributed by atoms with Crippen LogP contribution >= 0.6 is 0 Å². The molecule has 0 unspecified atom stereocenters. The zero-order valence-corrected chi connectivity index (χ0v) is 17.9. The van der Waals surface area contributed by atoms with Crippen molar-refractivity contribution in [2.24, 2.45) is 5.73 Å². The van der Waals surface area contributed by atoms with Crippen molar-refractivity contribution in [1.29, 1.82) is 5.41 Å². The summed E-state index contributed by atoms with van der Waals surface area (Å²) in [6, 6.07) is 14.9. The lowest BCUT2D eigenvalue weighted by atomic mass is 10.1. The standard InChI is InChI=1S/C24H25N7O2/c25-22(26)19-14-30-21-6-1-15(13-18(19)21)7-9-27-23(33)17-4-2-16(3-5-17)20-8-10-28-24(31-20)29-11-12-32/h1-6,8,10,13-14,30,32H,7,9,11-12H2,(H3,25,26)(H,27,33)(H,28,29,31). The number of amidine groups is 1. The van der Waals surface area contributed by atoms with Crippen molar-refractivity contribution >= 4 is 28.6 Å². The molecule has 0 fully saturated rings. The van der Waals surface area contributed by atoms with Crippen molar-refractivity contribution in [3.8, 4) is 11.3 Å². The number of carbonyl (C=O) groups is 1. The molecule has 0 spiro atoms. The van der Waals surface area contributed by atoms with Crippen molar-refractivity contribution in [1.82, 2.24) is 20.3 Å².